The van der Waals surface area contributed by atoms with Crippen LogP contribution < -0.4 is 16.6 Å². The molecule has 1 aromatic carbocycles. The first-order chi connectivity index (χ1) is 10.0. The van der Waals surface area contributed by atoms with Crippen LogP contribution in [0.25, 0.3) is 0 Å². The summed E-state index contributed by atoms with van der Waals surface area (Å²) in [6.07, 6.45) is 1.32. The number of hydrogen-bond donors (Lipinski definition) is 3. The third-order valence-electron chi connectivity index (χ3n) is 2.58. The summed E-state index contributed by atoms with van der Waals surface area (Å²) in [6.45, 7) is 0. The molecule has 1 amide bonds. The summed E-state index contributed by atoms with van der Waals surface area (Å²) < 4.78 is 0. The van der Waals surface area contributed by atoms with Crippen LogP contribution in [0.15, 0.2) is 30.5 Å². The van der Waals surface area contributed by atoms with Crippen LogP contribution in [-0.2, 0) is 0 Å². The first-order valence-corrected chi connectivity index (χ1v) is 6.44. The number of nitrogens with one attached hydrogen (secondary N) is 2. The van der Waals surface area contributed by atoms with Crippen molar-refractivity contribution in [2.45, 2.75) is 0 Å². The Balaban J connectivity index is 2.26. The van der Waals surface area contributed by atoms with Gasteiger partial charge in [0.2, 0.25) is 0 Å². The number of benzene rings is 1. The van der Waals surface area contributed by atoms with Crippen LogP contribution in [0, 0.1) is 11.3 Å². The average molecular weight is 322 g/mol. The van der Waals surface area contributed by atoms with Crippen molar-refractivity contribution in [2.24, 2.45) is 5.84 Å². The third kappa shape index (κ3) is 3.41. The number of nitriles is 1. The molecule has 2 rings (SSSR count). The molecule has 0 atom stereocenters. The predicted molar refractivity (Wildman–Crippen MR) is 81.2 cm³/mol. The molecule has 2 aromatic rings. The van der Waals surface area contributed by atoms with Gasteiger partial charge in [-0.1, -0.05) is 23.2 Å². The molecule has 0 radical (unpaired) electrons. The highest BCUT2D eigenvalue weighted by Gasteiger charge is 2.12. The lowest BCUT2D eigenvalue weighted by Gasteiger charge is -2.08. The summed E-state index contributed by atoms with van der Waals surface area (Å²) in [4.78, 5) is 16.0. The van der Waals surface area contributed by atoms with E-state index in [1.54, 1.807) is 6.07 Å². The largest absolute Gasteiger partial charge is 0.321 e. The van der Waals surface area contributed by atoms with Crippen molar-refractivity contribution in [1.82, 2.24) is 4.98 Å². The maximum atomic E-state index is 12.1. The summed E-state index contributed by atoms with van der Waals surface area (Å²) >= 11 is 11.9. The Hall–Kier alpha value is -2.33. The number of amides is 1. The van der Waals surface area contributed by atoms with Gasteiger partial charge < -0.3 is 10.7 Å². The van der Waals surface area contributed by atoms with Gasteiger partial charge in [-0.15, -0.1) is 0 Å². The molecule has 0 aliphatic rings. The number of nitrogen functional groups attached to an aromatic ring is 1. The van der Waals surface area contributed by atoms with Crippen LogP contribution >= 0.6 is 23.2 Å². The van der Waals surface area contributed by atoms with Gasteiger partial charge in [0.15, 0.2) is 5.82 Å². The maximum Gasteiger partial charge on any atom is 0.257 e. The van der Waals surface area contributed by atoms with Gasteiger partial charge in [-0.2, -0.15) is 5.26 Å². The van der Waals surface area contributed by atoms with E-state index in [0.29, 0.717) is 16.3 Å². The second-order valence-corrected chi connectivity index (χ2v) is 4.77. The Morgan fingerprint density at radius 3 is 2.67 bits per heavy atom. The van der Waals surface area contributed by atoms with E-state index < -0.39 is 5.91 Å². The van der Waals surface area contributed by atoms with Crippen LogP contribution in [0.3, 0.4) is 0 Å². The average Bonchev–Trinajstić information content (AvgIpc) is 2.49. The van der Waals surface area contributed by atoms with Crippen LogP contribution in [0.2, 0.25) is 10.0 Å². The lowest BCUT2D eigenvalue weighted by Crippen LogP contribution is -2.14. The van der Waals surface area contributed by atoms with Crippen LogP contribution in [-0.4, -0.2) is 10.9 Å². The second kappa shape index (κ2) is 6.41. The fraction of sp³-hybridized carbons (Fsp3) is 0. The van der Waals surface area contributed by atoms with E-state index in [-0.39, 0.29) is 16.4 Å². The molecule has 0 unspecified atom stereocenters. The van der Waals surface area contributed by atoms with Crippen molar-refractivity contribution >= 4 is 40.6 Å². The van der Waals surface area contributed by atoms with Crippen LogP contribution in [0.1, 0.15) is 15.9 Å². The van der Waals surface area contributed by atoms with Crippen molar-refractivity contribution in [1.29, 1.82) is 5.26 Å². The minimum atomic E-state index is -0.454. The van der Waals surface area contributed by atoms with Gasteiger partial charge in [0.25, 0.3) is 5.91 Å². The first kappa shape index (κ1) is 15.1. The van der Waals surface area contributed by atoms with Gasteiger partial charge in [-0.25, -0.2) is 10.8 Å². The number of hydrogen-bond acceptors (Lipinski definition) is 5. The van der Waals surface area contributed by atoms with Gasteiger partial charge in [-0.3, -0.25) is 4.79 Å². The van der Waals surface area contributed by atoms with E-state index in [2.05, 4.69) is 15.7 Å². The van der Waals surface area contributed by atoms with Crippen molar-refractivity contribution in [3.05, 3.63) is 51.6 Å². The topological polar surface area (TPSA) is 104 Å². The molecule has 106 valence electrons. The quantitative estimate of drug-likeness (QED) is 0.595. The number of rotatable bonds is 3. The fourth-order valence-electron chi connectivity index (χ4n) is 1.55. The van der Waals surface area contributed by atoms with Crippen LogP contribution in [0.5, 0.6) is 0 Å². The number of nitrogens with zero attached hydrogens (tertiary/aromatic N) is 2. The summed E-state index contributed by atoms with van der Waals surface area (Å²) in [6, 6.07) is 7.95. The Morgan fingerprint density at radius 2 is 2.05 bits per heavy atom. The molecule has 0 fully saturated rings. The summed E-state index contributed by atoms with van der Waals surface area (Å²) in [5.41, 5.74) is 3.25. The first-order valence-electron chi connectivity index (χ1n) is 5.68. The molecule has 0 saturated heterocycles. The molecule has 0 aliphatic heterocycles. The molecule has 1 aromatic heterocycles. The molecule has 0 bridgehead atoms. The second-order valence-electron chi connectivity index (χ2n) is 3.96. The van der Waals surface area contributed by atoms with Gasteiger partial charge in [0, 0.05) is 6.20 Å². The van der Waals surface area contributed by atoms with Gasteiger partial charge in [0.1, 0.15) is 0 Å². The normalized spacial score (nSPS) is 9.81. The molecule has 1 heterocycles. The lowest BCUT2D eigenvalue weighted by molar-refractivity contribution is 0.102. The standard InChI is InChI=1S/C13H9Cl2N5O/c14-9-2-1-7(5-16)3-11(9)19-13(21)8-4-10(15)12(20-17)18-6-8/h1-4,6H,17H2,(H,18,20)(H,19,21). The van der Waals surface area contributed by atoms with Gasteiger partial charge >= 0.3 is 0 Å². The number of hydrazine groups is 1. The van der Waals surface area contributed by atoms with Gasteiger partial charge in [0.05, 0.1) is 32.9 Å². The summed E-state index contributed by atoms with van der Waals surface area (Å²) in [5.74, 6) is 5.01. The molecule has 0 spiro atoms. The lowest BCUT2D eigenvalue weighted by atomic mass is 10.2. The van der Waals surface area contributed by atoms with Crippen molar-refractivity contribution < 1.29 is 4.79 Å². The zero-order valence-electron chi connectivity index (χ0n) is 10.5. The molecule has 4 N–H and O–H groups in total. The Bertz CT molecular complexity index is 742. The fourth-order valence-corrected chi connectivity index (χ4v) is 1.94. The molecule has 21 heavy (non-hydrogen) atoms. The van der Waals surface area contributed by atoms with E-state index >= 15 is 0 Å². The van der Waals surface area contributed by atoms with E-state index in [0.717, 1.165) is 0 Å². The summed E-state index contributed by atoms with van der Waals surface area (Å²) in [5, 5.41) is 12.0. The monoisotopic (exact) mass is 321 g/mol. The molecule has 6 nitrogen and oxygen atoms in total. The number of nitrogens with two attached hydrogens (primary N) is 1. The zero-order valence-corrected chi connectivity index (χ0v) is 12.0. The van der Waals surface area contributed by atoms with Crippen molar-refractivity contribution in [2.75, 3.05) is 10.7 Å². The van der Waals surface area contributed by atoms with Crippen molar-refractivity contribution in [3.63, 3.8) is 0 Å². The number of anilines is 2. The Morgan fingerprint density at radius 1 is 1.29 bits per heavy atom. The predicted octanol–water partition coefficient (Wildman–Crippen LogP) is 2.80. The van der Waals surface area contributed by atoms with Crippen LogP contribution in [0.4, 0.5) is 11.5 Å². The maximum absolute atomic E-state index is 12.1. The van der Waals surface area contributed by atoms with Crippen molar-refractivity contribution in [3.8, 4) is 6.07 Å². The Kier molecular flexibility index (Phi) is 4.60. The molecule has 0 saturated carbocycles. The highest BCUT2D eigenvalue weighted by Crippen LogP contribution is 2.24. The zero-order chi connectivity index (χ0) is 15.4. The number of pyridine rings is 1. The smallest absolute Gasteiger partial charge is 0.257 e. The molecule has 0 aliphatic carbocycles. The van der Waals surface area contributed by atoms with E-state index in [1.807, 2.05) is 6.07 Å². The SMILES string of the molecule is N#Cc1ccc(Cl)c(NC(=O)c2cnc(NN)c(Cl)c2)c1. The number of halogens is 2. The summed E-state index contributed by atoms with van der Waals surface area (Å²) in [7, 11) is 0. The minimum absolute atomic E-state index is 0.210. The molecular weight excluding hydrogens is 313 g/mol. The molecular formula is C13H9Cl2N5O. The van der Waals surface area contributed by atoms with E-state index in [9.17, 15) is 4.79 Å². The molecule has 8 heteroatoms. The number of aromatic nitrogens is 1. The minimum Gasteiger partial charge on any atom is -0.321 e. The van der Waals surface area contributed by atoms with E-state index in [1.165, 1.54) is 24.4 Å². The number of carbonyl (C=O) groups is 1. The highest BCUT2D eigenvalue weighted by atomic mass is 35.5. The third-order valence-corrected chi connectivity index (χ3v) is 3.20. The van der Waals surface area contributed by atoms with E-state index in [4.69, 9.17) is 34.3 Å². The Labute approximate surface area is 130 Å². The number of carbonyl (C=O) groups excluding carboxylic acids is 1. The highest BCUT2D eigenvalue weighted by molar-refractivity contribution is 6.34. The van der Waals surface area contributed by atoms with Gasteiger partial charge in [-0.05, 0) is 24.3 Å².